The fourth-order valence-corrected chi connectivity index (χ4v) is 3.86. The van der Waals surface area contributed by atoms with E-state index in [9.17, 15) is 9.59 Å². The molecule has 2 N–H and O–H groups in total. The minimum absolute atomic E-state index is 0.0989. The van der Waals surface area contributed by atoms with E-state index in [0.717, 1.165) is 24.9 Å². The zero-order chi connectivity index (χ0) is 20.2. The molecule has 2 heterocycles. The maximum absolute atomic E-state index is 12.6. The van der Waals surface area contributed by atoms with Crippen molar-refractivity contribution < 1.29 is 4.79 Å². The van der Waals surface area contributed by atoms with Crippen molar-refractivity contribution in [3.63, 3.8) is 0 Å². The number of nitrogens with zero attached hydrogens (tertiary/aromatic N) is 3. The second-order valence-electron chi connectivity index (χ2n) is 6.70. The van der Waals surface area contributed by atoms with Crippen LogP contribution in [-0.2, 0) is 0 Å². The highest BCUT2D eigenvalue weighted by Crippen LogP contribution is 2.23. The Morgan fingerprint density at radius 3 is 2.86 bits per heavy atom. The van der Waals surface area contributed by atoms with Gasteiger partial charge in [-0.3, -0.25) is 9.59 Å². The zero-order valence-corrected chi connectivity index (χ0v) is 16.8. The first-order valence-corrected chi connectivity index (χ1v) is 10.4. The van der Waals surface area contributed by atoms with Gasteiger partial charge in [-0.1, -0.05) is 49.3 Å². The quantitative estimate of drug-likeness (QED) is 0.453. The second-order valence-corrected chi connectivity index (χ2v) is 7.66. The lowest BCUT2D eigenvalue weighted by atomic mass is 10.2. The number of benzene rings is 2. The first kappa shape index (κ1) is 19.1. The molecule has 29 heavy (non-hydrogen) atoms. The van der Waals surface area contributed by atoms with Crippen LogP contribution in [-0.4, -0.2) is 27.0 Å². The molecule has 0 saturated carbocycles. The molecule has 0 bridgehead atoms. The zero-order valence-electron chi connectivity index (χ0n) is 16.0. The third-order valence-corrected chi connectivity index (χ3v) is 5.37. The Labute approximate surface area is 171 Å². The summed E-state index contributed by atoms with van der Waals surface area (Å²) in [6.45, 7) is 2.80. The van der Waals surface area contributed by atoms with Gasteiger partial charge in [0.15, 0.2) is 0 Å². The third-order valence-electron chi connectivity index (χ3n) is 4.54. The van der Waals surface area contributed by atoms with E-state index in [1.54, 1.807) is 18.2 Å². The molecule has 0 atom stereocenters. The summed E-state index contributed by atoms with van der Waals surface area (Å²) >= 11 is 1.28. The molecular formula is C21H21N5O2S. The van der Waals surface area contributed by atoms with Crippen LogP contribution >= 0.6 is 11.3 Å². The largest absolute Gasteiger partial charge is 0.352 e. The molecule has 7 nitrogen and oxygen atoms in total. The number of carbonyl (C=O) groups is 1. The van der Waals surface area contributed by atoms with Gasteiger partial charge in [0.2, 0.25) is 10.1 Å². The van der Waals surface area contributed by atoms with Crippen LogP contribution < -0.4 is 16.2 Å². The Hall–Kier alpha value is -3.26. The molecule has 0 aliphatic rings. The minimum atomic E-state index is -0.199. The van der Waals surface area contributed by atoms with E-state index in [4.69, 9.17) is 0 Å². The Bertz CT molecular complexity index is 1230. The average Bonchev–Trinajstić information content (AvgIpc) is 3.14. The summed E-state index contributed by atoms with van der Waals surface area (Å²) in [5.74, 6) is -0.0989. The van der Waals surface area contributed by atoms with Crippen molar-refractivity contribution in [2.45, 2.75) is 26.2 Å². The molecule has 0 fully saturated rings. The predicted molar refractivity (Wildman–Crippen MR) is 116 cm³/mol. The summed E-state index contributed by atoms with van der Waals surface area (Å²) in [5.41, 5.74) is 1.75. The molecule has 2 aromatic carbocycles. The highest BCUT2D eigenvalue weighted by Gasteiger charge is 2.11. The van der Waals surface area contributed by atoms with Crippen LogP contribution in [0.15, 0.2) is 53.3 Å². The average molecular weight is 407 g/mol. The number of aromatic nitrogens is 3. The van der Waals surface area contributed by atoms with E-state index in [0.29, 0.717) is 33.1 Å². The first-order chi connectivity index (χ1) is 14.2. The van der Waals surface area contributed by atoms with Gasteiger partial charge in [0, 0.05) is 17.8 Å². The van der Waals surface area contributed by atoms with Crippen molar-refractivity contribution in [3.8, 4) is 0 Å². The third kappa shape index (κ3) is 4.12. The number of para-hydroxylation sites is 1. The fraction of sp³-hybridized carbons (Fsp3) is 0.238. The van der Waals surface area contributed by atoms with Crippen LogP contribution in [0.25, 0.3) is 15.9 Å². The van der Waals surface area contributed by atoms with Crippen molar-refractivity contribution in [2.24, 2.45) is 0 Å². The van der Waals surface area contributed by atoms with Gasteiger partial charge in [0.05, 0.1) is 10.9 Å². The van der Waals surface area contributed by atoms with E-state index in [1.165, 1.54) is 15.9 Å². The van der Waals surface area contributed by atoms with Gasteiger partial charge in [0.25, 0.3) is 11.5 Å². The predicted octanol–water partition coefficient (Wildman–Crippen LogP) is 3.97. The Balaban J connectivity index is 1.55. The van der Waals surface area contributed by atoms with E-state index in [1.807, 2.05) is 30.3 Å². The molecule has 0 radical (unpaired) electrons. The number of hydrogen-bond acceptors (Lipinski definition) is 6. The molecule has 0 unspecified atom stereocenters. The number of fused-ring (bicyclic) bond motifs is 2. The van der Waals surface area contributed by atoms with Gasteiger partial charge in [-0.25, -0.2) is 4.98 Å². The Kier molecular flexibility index (Phi) is 5.53. The number of anilines is 2. The lowest BCUT2D eigenvalue weighted by Crippen LogP contribution is -2.24. The molecule has 1 amide bonds. The van der Waals surface area contributed by atoms with Gasteiger partial charge >= 0.3 is 0 Å². The van der Waals surface area contributed by atoms with Gasteiger partial charge in [-0.2, -0.15) is 4.52 Å². The Morgan fingerprint density at radius 2 is 2.00 bits per heavy atom. The normalized spacial score (nSPS) is 11.1. The lowest BCUT2D eigenvalue weighted by molar-refractivity contribution is 0.0953. The molecule has 0 aliphatic heterocycles. The van der Waals surface area contributed by atoms with Crippen molar-refractivity contribution in [3.05, 3.63) is 64.4 Å². The molecule has 0 aliphatic carbocycles. The van der Waals surface area contributed by atoms with Gasteiger partial charge in [0.1, 0.15) is 0 Å². The van der Waals surface area contributed by atoms with Crippen LogP contribution in [0.2, 0.25) is 0 Å². The van der Waals surface area contributed by atoms with Gasteiger partial charge in [-0.05, 0) is 36.8 Å². The molecule has 4 rings (SSSR count). The minimum Gasteiger partial charge on any atom is -0.352 e. The van der Waals surface area contributed by atoms with Crippen LogP contribution in [0, 0.1) is 0 Å². The first-order valence-electron chi connectivity index (χ1n) is 9.59. The summed E-state index contributed by atoms with van der Waals surface area (Å²) < 4.78 is 1.31. The Morgan fingerprint density at radius 1 is 1.14 bits per heavy atom. The molecule has 148 valence electrons. The highest BCUT2D eigenvalue weighted by atomic mass is 32.1. The fourth-order valence-electron chi connectivity index (χ4n) is 3.05. The maximum Gasteiger partial charge on any atom is 0.283 e. The number of unbranched alkanes of at least 4 members (excludes halogenated alkanes) is 2. The number of amides is 1. The standard InChI is InChI=1S/C21H21N5O2S/c1-2-3-6-12-22-18(27)14-8-7-9-15(13-14)23-20-25-26-19(28)16-10-4-5-11-17(16)24-21(26)29-20/h4-5,7-11,13H,2-3,6,12H2,1H3,(H,22,27)(H,23,25). The van der Waals surface area contributed by atoms with Crippen LogP contribution in [0.4, 0.5) is 10.8 Å². The van der Waals surface area contributed by atoms with E-state index in [2.05, 4.69) is 27.6 Å². The molecule has 4 aromatic rings. The second kappa shape index (κ2) is 8.40. The molecule has 0 saturated heterocycles. The van der Waals surface area contributed by atoms with Crippen LogP contribution in [0.5, 0.6) is 0 Å². The van der Waals surface area contributed by atoms with E-state index < -0.39 is 0 Å². The maximum atomic E-state index is 12.6. The van der Waals surface area contributed by atoms with Crippen molar-refractivity contribution in [1.82, 2.24) is 19.9 Å². The summed E-state index contributed by atoms with van der Waals surface area (Å²) in [7, 11) is 0. The number of rotatable bonds is 7. The number of nitrogens with one attached hydrogen (secondary N) is 2. The lowest BCUT2D eigenvalue weighted by Gasteiger charge is -2.07. The molecule has 2 aromatic heterocycles. The van der Waals surface area contributed by atoms with Gasteiger partial charge in [-0.15, -0.1) is 5.10 Å². The van der Waals surface area contributed by atoms with E-state index >= 15 is 0 Å². The topological polar surface area (TPSA) is 88.4 Å². The SMILES string of the molecule is CCCCCNC(=O)c1cccc(Nc2nn3c(=O)c4ccccc4nc3s2)c1. The summed E-state index contributed by atoms with van der Waals surface area (Å²) in [5, 5.41) is 11.5. The number of hydrogen-bond donors (Lipinski definition) is 2. The summed E-state index contributed by atoms with van der Waals surface area (Å²) in [6.07, 6.45) is 3.19. The van der Waals surface area contributed by atoms with E-state index in [-0.39, 0.29) is 11.5 Å². The van der Waals surface area contributed by atoms with Crippen LogP contribution in [0.1, 0.15) is 36.5 Å². The van der Waals surface area contributed by atoms with Crippen molar-refractivity contribution >= 4 is 43.9 Å². The summed E-state index contributed by atoms with van der Waals surface area (Å²) in [4.78, 5) is 30.0. The number of carbonyl (C=O) groups excluding carboxylic acids is 1. The molecule has 8 heteroatoms. The molecular weight excluding hydrogens is 386 g/mol. The molecule has 0 spiro atoms. The highest BCUT2D eigenvalue weighted by molar-refractivity contribution is 7.20. The monoisotopic (exact) mass is 407 g/mol. The van der Waals surface area contributed by atoms with Crippen LogP contribution in [0.3, 0.4) is 0 Å². The van der Waals surface area contributed by atoms with Gasteiger partial charge < -0.3 is 10.6 Å². The van der Waals surface area contributed by atoms with Crippen molar-refractivity contribution in [1.29, 1.82) is 0 Å². The smallest absolute Gasteiger partial charge is 0.283 e. The van der Waals surface area contributed by atoms with Crippen molar-refractivity contribution in [2.75, 3.05) is 11.9 Å². The summed E-state index contributed by atoms with van der Waals surface area (Å²) in [6, 6.07) is 14.4.